The Kier molecular flexibility index (Phi) is 7.98. The number of nitriles is 1. The average Bonchev–Trinajstić information content (AvgIpc) is 3.07. The van der Waals surface area contributed by atoms with Gasteiger partial charge in [0.1, 0.15) is 0 Å². The molecule has 196 valence electrons. The van der Waals surface area contributed by atoms with E-state index < -0.39 is 26.7 Å². The number of hydrogen-bond acceptors (Lipinski definition) is 1. The van der Waals surface area contributed by atoms with Gasteiger partial charge in [-0.2, -0.15) is 0 Å². The molecule has 0 amide bonds. The first-order valence-electron chi connectivity index (χ1n) is 13.7. The first kappa shape index (κ1) is 27.0. The standard InChI is InChI=1S/C38H30As2N/c41-31-38(39(32-19-7-1-8-20-32,33-21-9-2-10-22-33)34-23-11-3-12-24-34)40(35-25-13-4-14-26-35,36-27-15-5-16-28-36)37-29-17-6-18-30-37/h1-30H/q+1. The summed E-state index contributed by atoms with van der Waals surface area (Å²) in [5.74, 6) is 0. The molecule has 0 heterocycles. The third-order valence-electron chi connectivity index (χ3n) is 7.60. The molecule has 3 heteroatoms. The third-order valence-corrected chi connectivity index (χ3v) is 30.7. The zero-order valence-electron chi connectivity index (χ0n) is 22.7. The molecule has 0 bridgehead atoms. The predicted molar refractivity (Wildman–Crippen MR) is 179 cm³/mol. The number of nitrogens with zero attached hydrogens (tertiary/aromatic N) is 1. The van der Waals surface area contributed by atoms with E-state index in [1.165, 1.54) is 26.1 Å². The van der Waals surface area contributed by atoms with Gasteiger partial charge in [0.2, 0.25) is 0 Å². The summed E-state index contributed by atoms with van der Waals surface area (Å²) < 4.78 is 8.61. The normalized spacial score (nSPS) is 11.4. The number of hydrogen-bond donors (Lipinski definition) is 0. The van der Waals surface area contributed by atoms with Crippen LogP contribution < -0.4 is 26.1 Å². The van der Waals surface area contributed by atoms with Crippen molar-refractivity contribution < 1.29 is 0 Å². The van der Waals surface area contributed by atoms with Crippen LogP contribution in [-0.4, -0.2) is 29.8 Å². The first-order valence-corrected chi connectivity index (χ1v) is 21.2. The summed E-state index contributed by atoms with van der Waals surface area (Å²) in [7, 11) is 0. The van der Waals surface area contributed by atoms with Crippen molar-refractivity contribution in [2.75, 3.05) is 0 Å². The molecule has 0 radical (unpaired) electrons. The van der Waals surface area contributed by atoms with Crippen LogP contribution >= 0.6 is 0 Å². The van der Waals surface area contributed by atoms with Crippen LogP contribution in [-0.2, 0) is 0 Å². The SMILES string of the molecule is N#CC(=[As](c1ccccc1)(c1ccccc1)c1ccccc1)[As+](c1ccccc1)(c1ccccc1)c1ccccc1. The Hall–Kier alpha value is -4.20. The Morgan fingerprint density at radius 2 is 0.634 bits per heavy atom. The molecule has 0 atom stereocenters. The van der Waals surface area contributed by atoms with Gasteiger partial charge in [-0.05, 0) is 0 Å². The number of benzene rings is 6. The van der Waals surface area contributed by atoms with Crippen molar-refractivity contribution in [3.63, 3.8) is 0 Å². The maximum absolute atomic E-state index is 11.8. The molecule has 0 N–H and O–H groups in total. The molecule has 6 aromatic rings. The van der Waals surface area contributed by atoms with E-state index in [0.29, 0.717) is 0 Å². The van der Waals surface area contributed by atoms with Crippen molar-refractivity contribution in [3.05, 3.63) is 182 Å². The summed E-state index contributed by atoms with van der Waals surface area (Å²) in [5.41, 5.74) is 0. The second-order valence-electron chi connectivity index (χ2n) is 9.79. The Balaban J connectivity index is 1.98. The molecule has 0 aromatic heterocycles. The minimum atomic E-state index is -3.65. The van der Waals surface area contributed by atoms with Crippen LogP contribution in [0.3, 0.4) is 0 Å². The summed E-state index contributed by atoms with van der Waals surface area (Å²) in [4.78, 5) is 0. The van der Waals surface area contributed by atoms with Gasteiger partial charge in [-0.3, -0.25) is 0 Å². The van der Waals surface area contributed by atoms with E-state index in [0.717, 1.165) is 3.09 Å². The van der Waals surface area contributed by atoms with E-state index in [4.69, 9.17) is 0 Å². The van der Waals surface area contributed by atoms with Crippen LogP contribution in [0.25, 0.3) is 0 Å². The number of rotatable bonds is 7. The molecule has 0 fully saturated rings. The Morgan fingerprint density at radius 3 is 0.878 bits per heavy atom. The van der Waals surface area contributed by atoms with Crippen molar-refractivity contribution in [3.8, 4) is 6.07 Å². The van der Waals surface area contributed by atoms with Gasteiger partial charge in [0.15, 0.2) is 0 Å². The van der Waals surface area contributed by atoms with Crippen LogP contribution in [0.2, 0.25) is 0 Å². The molecular weight excluding hydrogens is 620 g/mol. The minimum absolute atomic E-state index is 1.06. The van der Waals surface area contributed by atoms with Gasteiger partial charge in [0.25, 0.3) is 0 Å². The fraction of sp³-hybridized carbons (Fsp3) is 0. The first-order chi connectivity index (χ1) is 20.3. The maximum atomic E-state index is 11.8. The van der Waals surface area contributed by atoms with Crippen LogP contribution in [0.5, 0.6) is 0 Å². The van der Waals surface area contributed by atoms with Crippen molar-refractivity contribution >= 4 is 55.9 Å². The summed E-state index contributed by atoms with van der Waals surface area (Å²) in [6, 6.07) is 68.2. The van der Waals surface area contributed by atoms with Crippen LogP contribution in [0, 0.1) is 11.3 Å². The monoisotopic (exact) mass is 650 g/mol. The van der Waals surface area contributed by atoms with E-state index in [1.54, 1.807) is 0 Å². The van der Waals surface area contributed by atoms with Crippen molar-refractivity contribution in [2.24, 2.45) is 0 Å². The van der Waals surface area contributed by atoms with Gasteiger partial charge < -0.3 is 0 Å². The van der Waals surface area contributed by atoms with Gasteiger partial charge in [-0.1, -0.05) is 0 Å². The quantitative estimate of drug-likeness (QED) is 0.239. The molecule has 0 saturated carbocycles. The summed E-state index contributed by atoms with van der Waals surface area (Å²) in [5, 5.41) is 11.8. The molecule has 0 spiro atoms. The summed E-state index contributed by atoms with van der Waals surface area (Å²) >= 11 is -7.29. The molecule has 0 aliphatic heterocycles. The molecule has 6 rings (SSSR count). The van der Waals surface area contributed by atoms with Crippen LogP contribution in [0.15, 0.2) is 182 Å². The Labute approximate surface area is 247 Å². The zero-order chi connectivity index (χ0) is 28.0. The second kappa shape index (κ2) is 12.1. The van der Waals surface area contributed by atoms with Gasteiger partial charge in [-0.25, -0.2) is 0 Å². The third kappa shape index (κ3) is 4.65. The van der Waals surface area contributed by atoms with Gasteiger partial charge in [-0.15, -0.1) is 0 Å². The molecule has 0 aliphatic rings. The Morgan fingerprint density at radius 1 is 0.390 bits per heavy atom. The van der Waals surface area contributed by atoms with Gasteiger partial charge >= 0.3 is 249 Å². The van der Waals surface area contributed by atoms with Crippen LogP contribution in [0.1, 0.15) is 0 Å². The van der Waals surface area contributed by atoms with E-state index >= 15 is 0 Å². The van der Waals surface area contributed by atoms with E-state index in [1.807, 2.05) is 0 Å². The molecule has 6 aromatic carbocycles. The Bertz CT molecular complexity index is 1610. The second-order valence-corrected chi connectivity index (χ2v) is 25.5. The fourth-order valence-electron chi connectivity index (χ4n) is 5.91. The van der Waals surface area contributed by atoms with Gasteiger partial charge in [0, 0.05) is 0 Å². The van der Waals surface area contributed by atoms with Crippen molar-refractivity contribution in [2.45, 2.75) is 0 Å². The van der Waals surface area contributed by atoms with Crippen molar-refractivity contribution in [1.29, 1.82) is 5.26 Å². The van der Waals surface area contributed by atoms with Crippen LogP contribution in [0.4, 0.5) is 0 Å². The fourth-order valence-corrected chi connectivity index (χ4v) is 34.6. The molecule has 0 unspecified atom stereocenters. The predicted octanol–water partition coefficient (Wildman–Crippen LogP) is 4.14. The van der Waals surface area contributed by atoms with E-state index in [-0.39, 0.29) is 0 Å². The molecule has 1 nitrogen and oxygen atoms in total. The zero-order valence-corrected chi connectivity index (χ0v) is 26.4. The topological polar surface area (TPSA) is 23.8 Å². The van der Waals surface area contributed by atoms with E-state index in [2.05, 4.69) is 188 Å². The molecule has 0 aliphatic carbocycles. The molecule has 0 saturated heterocycles. The van der Waals surface area contributed by atoms with Crippen molar-refractivity contribution in [1.82, 2.24) is 0 Å². The molecule has 41 heavy (non-hydrogen) atoms. The van der Waals surface area contributed by atoms with Gasteiger partial charge in [0.05, 0.1) is 0 Å². The summed E-state index contributed by atoms with van der Waals surface area (Å²) in [6.07, 6.45) is 0. The van der Waals surface area contributed by atoms with E-state index in [9.17, 15) is 5.26 Å². The average molecular weight is 651 g/mol. The summed E-state index contributed by atoms with van der Waals surface area (Å²) in [6.45, 7) is 0. The molecular formula is C38H30As2N+.